The summed E-state index contributed by atoms with van der Waals surface area (Å²) in [7, 11) is 3.06. The third-order valence-corrected chi connectivity index (χ3v) is 3.85. The molecule has 0 saturated heterocycles. The molecule has 0 aliphatic heterocycles. The Labute approximate surface area is 163 Å². The second-order valence-corrected chi connectivity index (χ2v) is 5.74. The molecular weight excluding hydrogens is 362 g/mol. The van der Waals surface area contributed by atoms with E-state index in [0.29, 0.717) is 18.9 Å². The topological polar surface area (TPSA) is 106 Å². The Bertz CT molecular complexity index is 838. The van der Waals surface area contributed by atoms with Crippen LogP contribution in [0.5, 0.6) is 5.75 Å². The number of nitrogens with one attached hydrogen (secondary N) is 3. The van der Waals surface area contributed by atoms with Crippen molar-refractivity contribution >= 4 is 23.4 Å². The van der Waals surface area contributed by atoms with Crippen molar-refractivity contribution in [2.75, 3.05) is 32.7 Å². The van der Waals surface area contributed by atoms with Gasteiger partial charge in [-0.1, -0.05) is 30.3 Å². The summed E-state index contributed by atoms with van der Waals surface area (Å²) in [6.07, 6.45) is 0. The van der Waals surface area contributed by atoms with Crippen molar-refractivity contribution in [3.63, 3.8) is 0 Å². The summed E-state index contributed by atoms with van der Waals surface area (Å²) < 4.78 is 10.1. The lowest BCUT2D eigenvalue weighted by molar-refractivity contribution is -0.136. The molecule has 0 bridgehead atoms. The summed E-state index contributed by atoms with van der Waals surface area (Å²) in [4.78, 5) is 36.6. The quantitative estimate of drug-likeness (QED) is 0.470. The number of amides is 3. The molecule has 3 amide bonds. The van der Waals surface area contributed by atoms with Crippen molar-refractivity contribution in [1.82, 2.24) is 10.6 Å². The van der Waals surface area contributed by atoms with Crippen LogP contribution < -0.4 is 20.7 Å². The number of carbonyl (C=O) groups excluding carboxylic acids is 3. The van der Waals surface area contributed by atoms with Gasteiger partial charge in [0.2, 0.25) is 0 Å². The van der Waals surface area contributed by atoms with Crippen LogP contribution in [0.3, 0.4) is 0 Å². The van der Waals surface area contributed by atoms with Gasteiger partial charge in [-0.2, -0.15) is 0 Å². The predicted octanol–water partition coefficient (Wildman–Crippen LogP) is 1.33. The molecule has 28 heavy (non-hydrogen) atoms. The second kappa shape index (κ2) is 10.7. The molecule has 8 heteroatoms. The molecule has 0 aliphatic rings. The molecule has 0 heterocycles. The molecule has 0 spiro atoms. The molecule has 8 nitrogen and oxygen atoms in total. The molecule has 0 aliphatic carbocycles. The molecule has 2 aromatic rings. The highest BCUT2D eigenvalue weighted by molar-refractivity contribution is 6.40. The first-order valence-corrected chi connectivity index (χ1v) is 8.64. The van der Waals surface area contributed by atoms with Gasteiger partial charge in [0.1, 0.15) is 5.75 Å². The summed E-state index contributed by atoms with van der Waals surface area (Å²) in [6.45, 7) is 0.831. The van der Waals surface area contributed by atoms with E-state index in [1.54, 1.807) is 36.4 Å². The van der Waals surface area contributed by atoms with Crippen LogP contribution in [-0.4, -0.2) is 45.1 Å². The number of hydrogen-bond acceptors (Lipinski definition) is 5. The highest BCUT2D eigenvalue weighted by Gasteiger charge is 2.18. The van der Waals surface area contributed by atoms with Crippen molar-refractivity contribution in [3.05, 3.63) is 59.7 Å². The monoisotopic (exact) mass is 385 g/mol. The molecular formula is C20H23N3O5. The minimum absolute atomic E-state index is 0.134. The van der Waals surface area contributed by atoms with Crippen LogP contribution in [0.1, 0.15) is 15.9 Å². The van der Waals surface area contributed by atoms with E-state index in [1.165, 1.54) is 14.2 Å². The van der Waals surface area contributed by atoms with Crippen LogP contribution >= 0.6 is 0 Å². The van der Waals surface area contributed by atoms with Gasteiger partial charge in [0.05, 0.1) is 25.0 Å². The predicted molar refractivity (Wildman–Crippen MR) is 104 cm³/mol. The van der Waals surface area contributed by atoms with Gasteiger partial charge in [0, 0.05) is 25.8 Å². The lowest BCUT2D eigenvalue weighted by Crippen LogP contribution is -2.36. The minimum atomic E-state index is -0.868. The standard InChI is InChI=1S/C20H23N3O5/c1-27-12-11-21-18(24)15-8-4-5-9-16(15)23-20(26)19(25)22-13-14-7-3-6-10-17(14)28-2/h3-10H,11-13H2,1-2H3,(H,21,24)(H,22,25)(H,23,26). The Kier molecular flexibility index (Phi) is 7.98. The minimum Gasteiger partial charge on any atom is -0.496 e. The zero-order valence-electron chi connectivity index (χ0n) is 15.8. The Morgan fingerprint density at radius 2 is 1.61 bits per heavy atom. The Morgan fingerprint density at radius 3 is 2.36 bits per heavy atom. The Morgan fingerprint density at radius 1 is 0.893 bits per heavy atom. The van der Waals surface area contributed by atoms with E-state index in [0.717, 1.165) is 5.56 Å². The molecule has 2 aromatic carbocycles. The first-order valence-electron chi connectivity index (χ1n) is 8.64. The average molecular weight is 385 g/mol. The second-order valence-electron chi connectivity index (χ2n) is 5.74. The molecule has 0 saturated carbocycles. The van der Waals surface area contributed by atoms with E-state index in [9.17, 15) is 14.4 Å². The number of benzene rings is 2. The summed E-state index contributed by atoms with van der Waals surface area (Å²) in [5.41, 5.74) is 1.24. The van der Waals surface area contributed by atoms with Gasteiger partial charge < -0.3 is 25.4 Å². The highest BCUT2D eigenvalue weighted by Crippen LogP contribution is 2.17. The molecule has 0 atom stereocenters. The fourth-order valence-corrected chi connectivity index (χ4v) is 2.44. The number of methoxy groups -OCH3 is 2. The fourth-order valence-electron chi connectivity index (χ4n) is 2.44. The number of anilines is 1. The zero-order valence-corrected chi connectivity index (χ0v) is 15.8. The summed E-state index contributed by atoms with van der Waals surface area (Å²) in [6, 6.07) is 13.6. The maximum absolute atomic E-state index is 12.2. The van der Waals surface area contributed by atoms with Crippen molar-refractivity contribution < 1.29 is 23.9 Å². The smallest absolute Gasteiger partial charge is 0.313 e. The number of hydrogen-bond donors (Lipinski definition) is 3. The number of ether oxygens (including phenoxy) is 2. The van der Waals surface area contributed by atoms with E-state index in [-0.39, 0.29) is 23.7 Å². The largest absolute Gasteiger partial charge is 0.496 e. The van der Waals surface area contributed by atoms with Crippen molar-refractivity contribution in [2.45, 2.75) is 6.54 Å². The number of rotatable bonds is 8. The lowest BCUT2D eigenvalue weighted by Gasteiger charge is -2.12. The van der Waals surface area contributed by atoms with E-state index in [1.807, 2.05) is 12.1 Å². The molecule has 0 radical (unpaired) electrons. The van der Waals surface area contributed by atoms with E-state index in [2.05, 4.69) is 16.0 Å². The summed E-state index contributed by atoms with van der Waals surface area (Å²) in [5.74, 6) is -1.45. The van der Waals surface area contributed by atoms with Gasteiger partial charge >= 0.3 is 11.8 Å². The Balaban J connectivity index is 1.98. The highest BCUT2D eigenvalue weighted by atomic mass is 16.5. The third kappa shape index (κ3) is 5.82. The van der Waals surface area contributed by atoms with Crippen LogP contribution in [-0.2, 0) is 20.9 Å². The van der Waals surface area contributed by atoms with Crippen LogP contribution in [0.4, 0.5) is 5.69 Å². The first-order chi connectivity index (χ1) is 13.6. The van der Waals surface area contributed by atoms with E-state index in [4.69, 9.17) is 9.47 Å². The van der Waals surface area contributed by atoms with Crippen molar-refractivity contribution in [1.29, 1.82) is 0 Å². The molecule has 3 N–H and O–H groups in total. The zero-order chi connectivity index (χ0) is 20.4. The van der Waals surface area contributed by atoms with Crippen LogP contribution in [0, 0.1) is 0 Å². The van der Waals surface area contributed by atoms with E-state index < -0.39 is 11.8 Å². The van der Waals surface area contributed by atoms with Gasteiger partial charge in [0.25, 0.3) is 5.91 Å². The maximum atomic E-state index is 12.2. The number of para-hydroxylation sites is 2. The van der Waals surface area contributed by atoms with Crippen LogP contribution in [0.25, 0.3) is 0 Å². The molecule has 2 rings (SSSR count). The summed E-state index contributed by atoms with van der Waals surface area (Å²) in [5, 5.41) is 7.68. The van der Waals surface area contributed by atoms with Gasteiger partial charge in [-0.25, -0.2) is 0 Å². The van der Waals surface area contributed by atoms with Crippen molar-refractivity contribution in [2.24, 2.45) is 0 Å². The molecule has 0 unspecified atom stereocenters. The summed E-state index contributed by atoms with van der Waals surface area (Å²) >= 11 is 0. The molecule has 148 valence electrons. The van der Waals surface area contributed by atoms with Crippen molar-refractivity contribution in [3.8, 4) is 5.75 Å². The fraction of sp³-hybridized carbons (Fsp3) is 0.250. The Hall–Kier alpha value is -3.39. The van der Waals surface area contributed by atoms with Crippen LogP contribution in [0.15, 0.2) is 48.5 Å². The normalized spacial score (nSPS) is 10.1. The molecule has 0 aromatic heterocycles. The van der Waals surface area contributed by atoms with E-state index >= 15 is 0 Å². The van der Waals surface area contributed by atoms with Gasteiger partial charge in [-0.15, -0.1) is 0 Å². The third-order valence-electron chi connectivity index (χ3n) is 3.85. The van der Waals surface area contributed by atoms with Gasteiger partial charge in [-0.3, -0.25) is 14.4 Å². The lowest BCUT2D eigenvalue weighted by atomic mass is 10.1. The number of carbonyl (C=O) groups is 3. The average Bonchev–Trinajstić information content (AvgIpc) is 2.72. The molecule has 0 fully saturated rings. The van der Waals surface area contributed by atoms with Gasteiger partial charge in [0.15, 0.2) is 0 Å². The SMILES string of the molecule is COCCNC(=O)c1ccccc1NC(=O)C(=O)NCc1ccccc1OC. The van der Waals surface area contributed by atoms with Gasteiger partial charge in [-0.05, 0) is 18.2 Å². The van der Waals surface area contributed by atoms with Crippen LogP contribution in [0.2, 0.25) is 0 Å². The maximum Gasteiger partial charge on any atom is 0.313 e. The first kappa shape index (κ1) is 20.9.